The van der Waals surface area contributed by atoms with Crippen LogP contribution in [0.5, 0.6) is 0 Å². The first-order valence-corrected chi connectivity index (χ1v) is 5.94. The monoisotopic (exact) mass is 206 g/mol. The van der Waals surface area contributed by atoms with Crippen LogP contribution in [0.4, 0.5) is 4.79 Å². The average Bonchev–Trinajstić information content (AvgIpc) is 2.15. The van der Waals surface area contributed by atoms with Gasteiger partial charge < -0.3 is 10.2 Å². The van der Waals surface area contributed by atoms with E-state index in [4.69, 9.17) is 0 Å². The molecular formula is C8H18N2O2S. The molecule has 0 aliphatic heterocycles. The summed E-state index contributed by atoms with van der Waals surface area (Å²) >= 11 is 0. The van der Waals surface area contributed by atoms with E-state index in [-0.39, 0.29) is 6.03 Å². The van der Waals surface area contributed by atoms with Gasteiger partial charge in [-0.2, -0.15) is 0 Å². The lowest BCUT2D eigenvalue weighted by Gasteiger charge is -2.14. The van der Waals surface area contributed by atoms with Gasteiger partial charge in [0.25, 0.3) is 0 Å². The Morgan fingerprint density at radius 2 is 2.08 bits per heavy atom. The minimum Gasteiger partial charge on any atom is -0.337 e. The van der Waals surface area contributed by atoms with Gasteiger partial charge in [0.2, 0.25) is 0 Å². The lowest BCUT2D eigenvalue weighted by Crippen LogP contribution is -2.38. The minimum atomic E-state index is -0.792. The molecule has 0 radical (unpaired) electrons. The predicted octanol–water partition coefficient (Wildman–Crippen LogP) is 0.416. The van der Waals surface area contributed by atoms with Crippen molar-refractivity contribution in [2.45, 2.75) is 13.8 Å². The van der Waals surface area contributed by atoms with Crippen LogP contribution >= 0.6 is 0 Å². The molecule has 1 unspecified atom stereocenters. The molecule has 0 aromatic rings. The number of carbonyl (C=O) groups excluding carboxylic acids is 1. The Balaban J connectivity index is 3.53. The van der Waals surface area contributed by atoms with E-state index in [9.17, 15) is 9.00 Å². The van der Waals surface area contributed by atoms with E-state index in [1.54, 1.807) is 11.9 Å². The van der Waals surface area contributed by atoms with Gasteiger partial charge in [-0.1, -0.05) is 6.92 Å². The fourth-order valence-corrected chi connectivity index (χ4v) is 1.31. The molecule has 0 aromatic carbocycles. The van der Waals surface area contributed by atoms with Crippen molar-refractivity contribution in [3.63, 3.8) is 0 Å². The Hall–Kier alpha value is -0.580. The first kappa shape index (κ1) is 12.4. The van der Waals surface area contributed by atoms with E-state index in [1.807, 2.05) is 13.8 Å². The second-order valence-corrected chi connectivity index (χ2v) is 4.54. The second kappa shape index (κ2) is 6.88. The summed E-state index contributed by atoms with van der Waals surface area (Å²) in [7, 11) is 0.936. The number of amides is 2. The van der Waals surface area contributed by atoms with E-state index in [2.05, 4.69) is 5.32 Å². The fraction of sp³-hybridized carbons (Fsp3) is 0.875. The summed E-state index contributed by atoms with van der Waals surface area (Å²) in [5, 5.41) is 2.69. The van der Waals surface area contributed by atoms with Crippen molar-refractivity contribution in [2.24, 2.45) is 0 Å². The maximum atomic E-state index is 11.2. The smallest absolute Gasteiger partial charge is 0.317 e. The molecule has 5 heteroatoms. The molecule has 0 aliphatic carbocycles. The summed E-state index contributed by atoms with van der Waals surface area (Å²) in [5.41, 5.74) is 0. The van der Waals surface area contributed by atoms with E-state index in [0.717, 1.165) is 0 Å². The third-order valence-corrected chi connectivity index (χ3v) is 3.05. The van der Waals surface area contributed by atoms with Crippen molar-refractivity contribution in [2.75, 3.05) is 31.6 Å². The van der Waals surface area contributed by atoms with E-state index in [1.165, 1.54) is 0 Å². The summed E-state index contributed by atoms with van der Waals surface area (Å²) < 4.78 is 11.0. The zero-order chi connectivity index (χ0) is 10.3. The highest BCUT2D eigenvalue weighted by Gasteiger charge is 2.04. The van der Waals surface area contributed by atoms with Crippen LogP contribution in [-0.2, 0) is 10.8 Å². The molecule has 4 nitrogen and oxygen atoms in total. The van der Waals surface area contributed by atoms with Crippen LogP contribution in [0.25, 0.3) is 0 Å². The number of hydrogen-bond donors (Lipinski definition) is 1. The van der Waals surface area contributed by atoms with Crippen LogP contribution in [0.15, 0.2) is 0 Å². The third-order valence-electron chi connectivity index (χ3n) is 1.75. The number of rotatable bonds is 5. The van der Waals surface area contributed by atoms with Crippen LogP contribution in [0, 0.1) is 0 Å². The molecule has 0 saturated heterocycles. The van der Waals surface area contributed by atoms with Gasteiger partial charge in [0, 0.05) is 42.4 Å². The SMILES string of the molecule is CCN(C)C(=O)NCCS(=O)CC. The average molecular weight is 206 g/mol. The van der Waals surface area contributed by atoms with Gasteiger partial charge in [-0.25, -0.2) is 4.79 Å². The summed E-state index contributed by atoms with van der Waals surface area (Å²) in [5.74, 6) is 1.19. The Morgan fingerprint density at radius 3 is 2.54 bits per heavy atom. The summed E-state index contributed by atoms with van der Waals surface area (Å²) in [6, 6.07) is -0.101. The van der Waals surface area contributed by atoms with E-state index >= 15 is 0 Å². The van der Waals surface area contributed by atoms with Gasteiger partial charge in [-0.15, -0.1) is 0 Å². The highest BCUT2D eigenvalue weighted by Crippen LogP contribution is 1.83. The highest BCUT2D eigenvalue weighted by molar-refractivity contribution is 7.84. The Bertz CT molecular complexity index is 185. The predicted molar refractivity (Wildman–Crippen MR) is 55.3 cm³/mol. The highest BCUT2D eigenvalue weighted by atomic mass is 32.2. The zero-order valence-electron chi connectivity index (χ0n) is 8.50. The first-order chi connectivity index (χ1) is 6.11. The number of nitrogens with zero attached hydrogens (tertiary/aromatic N) is 1. The lowest BCUT2D eigenvalue weighted by atomic mass is 10.6. The topological polar surface area (TPSA) is 49.4 Å². The van der Waals surface area contributed by atoms with E-state index < -0.39 is 10.8 Å². The van der Waals surface area contributed by atoms with Crippen molar-refractivity contribution in [1.82, 2.24) is 10.2 Å². The van der Waals surface area contributed by atoms with Crippen LogP contribution < -0.4 is 5.32 Å². The molecule has 0 aromatic heterocycles. The molecule has 78 valence electrons. The van der Waals surface area contributed by atoms with Crippen LogP contribution in [0.1, 0.15) is 13.8 Å². The molecule has 0 bridgehead atoms. The molecule has 0 aliphatic rings. The number of carbonyl (C=O) groups is 1. The maximum Gasteiger partial charge on any atom is 0.317 e. The lowest BCUT2D eigenvalue weighted by molar-refractivity contribution is 0.212. The molecular weight excluding hydrogens is 188 g/mol. The molecule has 0 saturated carbocycles. The standard InChI is InChI=1S/C8H18N2O2S/c1-4-10(3)8(11)9-6-7-13(12)5-2/h4-7H2,1-3H3,(H,9,11). The Morgan fingerprint density at radius 1 is 1.46 bits per heavy atom. The summed E-state index contributed by atoms with van der Waals surface area (Å²) in [6.45, 7) is 4.95. The molecule has 2 amide bonds. The summed E-state index contributed by atoms with van der Waals surface area (Å²) in [6.07, 6.45) is 0. The molecule has 0 rings (SSSR count). The van der Waals surface area contributed by atoms with Crippen molar-refractivity contribution < 1.29 is 9.00 Å². The molecule has 0 spiro atoms. The number of nitrogens with one attached hydrogen (secondary N) is 1. The van der Waals surface area contributed by atoms with Crippen molar-refractivity contribution in [3.8, 4) is 0 Å². The minimum absolute atomic E-state index is 0.101. The summed E-state index contributed by atoms with van der Waals surface area (Å²) in [4.78, 5) is 12.7. The second-order valence-electron chi connectivity index (χ2n) is 2.68. The molecule has 1 atom stereocenters. The Labute approximate surface area is 82.1 Å². The molecule has 0 heterocycles. The maximum absolute atomic E-state index is 11.2. The Kier molecular flexibility index (Phi) is 6.58. The fourth-order valence-electron chi connectivity index (χ4n) is 0.695. The van der Waals surface area contributed by atoms with Gasteiger partial charge in [-0.05, 0) is 6.92 Å². The van der Waals surface area contributed by atoms with Gasteiger partial charge in [0.05, 0.1) is 0 Å². The van der Waals surface area contributed by atoms with Crippen LogP contribution in [0.3, 0.4) is 0 Å². The van der Waals surface area contributed by atoms with Gasteiger partial charge in [0.1, 0.15) is 0 Å². The largest absolute Gasteiger partial charge is 0.337 e. The number of hydrogen-bond acceptors (Lipinski definition) is 2. The number of urea groups is 1. The van der Waals surface area contributed by atoms with Gasteiger partial charge in [0.15, 0.2) is 0 Å². The van der Waals surface area contributed by atoms with Crippen LogP contribution in [0.2, 0.25) is 0 Å². The normalized spacial score (nSPS) is 12.2. The zero-order valence-corrected chi connectivity index (χ0v) is 9.32. The van der Waals surface area contributed by atoms with E-state index in [0.29, 0.717) is 24.6 Å². The first-order valence-electron chi connectivity index (χ1n) is 4.45. The van der Waals surface area contributed by atoms with Crippen molar-refractivity contribution in [1.29, 1.82) is 0 Å². The molecule has 13 heavy (non-hydrogen) atoms. The molecule has 1 N–H and O–H groups in total. The van der Waals surface area contributed by atoms with Crippen LogP contribution in [-0.4, -0.2) is 46.8 Å². The van der Waals surface area contributed by atoms with Crippen molar-refractivity contribution in [3.05, 3.63) is 0 Å². The van der Waals surface area contributed by atoms with Gasteiger partial charge >= 0.3 is 6.03 Å². The molecule has 0 fully saturated rings. The van der Waals surface area contributed by atoms with Crippen molar-refractivity contribution >= 4 is 16.8 Å². The quantitative estimate of drug-likeness (QED) is 0.708. The van der Waals surface area contributed by atoms with Gasteiger partial charge in [-0.3, -0.25) is 4.21 Å². The third kappa shape index (κ3) is 5.63.